The van der Waals surface area contributed by atoms with Crippen LogP contribution < -0.4 is 4.90 Å². The van der Waals surface area contributed by atoms with Gasteiger partial charge in [-0.25, -0.2) is 4.98 Å². The quantitative estimate of drug-likeness (QED) is 0.606. The summed E-state index contributed by atoms with van der Waals surface area (Å²) in [5.41, 5.74) is 3.32. The summed E-state index contributed by atoms with van der Waals surface area (Å²) in [6.07, 6.45) is 1.80. The van der Waals surface area contributed by atoms with E-state index in [4.69, 9.17) is 0 Å². The molecule has 1 heterocycles. The number of anilines is 3. The van der Waals surface area contributed by atoms with Gasteiger partial charge < -0.3 is 4.90 Å². The number of aromatic nitrogens is 1. The van der Waals surface area contributed by atoms with Crippen molar-refractivity contribution in [2.24, 2.45) is 0 Å². The molecule has 0 aliphatic carbocycles. The molecular weight excluding hydrogens is 312 g/mol. The Hall–Kier alpha value is -2.13. The number of para-hydroxylation sites is 2. The Morgan fingerprint density at radius 2 is 1.25 bits per heavy atom. The molecule has 0 unspecified atom stereocenters. The maximum absolute atomic E-state index is 4.20. The van der Waals surface area contributed by atoms with Crippen molar-refractivity contribution in [1.29, 1.82) is 0 Å². The zero-order valence-electron chi connectivity index (χ0n) is 10.8. The lowest BCUT2D eigenvalue weighted by Crippen LogP contribution is -2.09. The van der Waals surface area contributed by atoms with Gasteiger partial charge in [-0.15, -0.1) is 0 Å². The first-order chi connectivity index (χ1) is 9.84. The molecule has 3 rings (SSSR count). The summed E-state index contributed by atoms with van der Waals surface area (Å²) in [7, 11) is 0. The molecule has 1 aromatic heterocycles. The maximum Gasteiger partial charge on any atom is 0.108 e. The molecule has 0 atom stereocenters. The van der Waals surface area contributed by atoms with Gasteiger partial charge >= 0.3 is 0 Å². The Balaban J connectivity index is 2.14. The minimum atomic E-state index is 0.826. The van der Waals surface area contributed by atoms with E-state index in [-0.39, 0.29) is 0 Å². The standard InChI is InChI=1S/C17H13BrN2/c18-17-13-16(11-12-19-17)20(14-7-3-1-4-8-14)15-9-5-2-6-10-15/h1-13H. The highest BCUT2D eigenvalue weighted by atomic mass is 79.9. The van der Waals surface area contributed by atoms with E-state index < -0.39 is 0 Å². The molecule has 3 heteroatoms. The second-order valence-corrected chi connectivity index (χ2v) is 5.16. The largest absolute Gasteiger partial charge is 0.310 e. The predicted molar refractivity (Wildman–Crippen MR) is 86.6 cm³/mol. The molecule has 0 spiro atoms. The molecule has 0 aliphatic rings. The highest BCUT2D eigenvalue weighted by molar-refractivity contribution is 9.10. The third-order valence-electron chi connectivity index (χ3n) is 3.00. The Morgan fingerprint density at radius 3 is 1.75 bits per heavy atom. The summed E-state index contributed by atoms with van der Waals surface area (Å²) in [4.78, 5) is 6.40. The van der Waals surface area contributed by atoms with Crippen LogP contribution in [0.25, 0.3) is 0 Å². The van der Waals surface area contributed by atoms with Crippen LogP contribution in [0.15, 0.2) is 83.6 Å². The highest BCUT2D eigenvalue weighted by Crippen LogP contribution is 2.34. The van der Waals surface area contributed by atoms with Crippen LogP contribution in [0, 0.1) is 0 Å². The molecule has 0 bridgehead atoms. The molecule has 0 saturated carbocycles. The van der Waals surface area contributed by atoms with E-state index in [0.29, 0.717) is 0 Å². The Bertz CT molecular complexity index is 644. The van der Waals surface area contributed by atoms with Gasteiger partial charge in [0.25, 0.3) is 0 Å². The van der Waals surface area contributed by atoms with Crippen molar-refractivity contribution in [2.75, 3.05) is 4.90 Å². The maximum atomic E-state index is 4.20. The van der Waals surface area contributed by atoms with E-state index in [0.717, 1.165) is 21.7 Å². The van der Waals surface area contributed by atoms with Gasteiger partial charge in [-0.2, -0.15) is 0 Å². The van der Waals surface area contributed by atoms with Crippen LogP contribution in [0.4, 0.5) is 17.1 Å². The van der Waals surface area contributed by atoms with Crippen molar-refractivity contribution >= 4 is 33.0 Å². The van der Waals surface area contributed by atoms with Crippen LogP contribution in [0.2, 0.25) is 0 Å². The van der Waals surface area contributed by atoms with Gasteiger partial charge in [-0.1, -0.05) is 36.4 Å². The summed E-state index contributed by atoms with van der Waals surface area (Å²) < 4.78 is 0.826. The van der Waals surface area contributed by atoms with Crippen LogP contribution in [-0.4, -0.2) is 4.98 Å². The zero-order valence-corrected chi connectivity index (χ0v) is 12.4. The van der Waals surface area contributed by atoms with Gasteiger partial charge in [-0.3, -0.25) is 0 Å². The number of nitrogens with zero attached hydrogens (tertiary/aromatic N) is 2. The lowest BCUT2D eigenvalue weighted by molar-refractivity contribution is 1.22. The van der Waals surface area contributed by atoms with E-state index in [2.05, 4.69) is 50.1 Å². The van der Waals surface area contributed by atoms with Crippen LogP contribution >= 0.6 is 15.9 Å². The van der Waals surface area contributed by atoms with Gasteiger partial charge in [0.05, 0.1) is 5.69 Å². The summed E-state index contributed by atoms with van der Waals surface area (Å²) in [6.45, 7) is 0. The first-order valence-electron chi connectivity index (χ1n) is 6.36. The van der Waals surface area contributed by atoms with Gasteiger partial charge in [-0.05, 0) is 52.3 Å². The second-order valence-electron chi connectivity index (χ2n) is 4.34. The van der Waals surface area contributed by atoms with Crippen LogP contribution in [-0.2, 0) is 0 Å². The number of rotatable bonds is 3. The minimum Gasteiger partial charge on any atom is -0.310 e. The molecule has 0 aliphatic heterocycles. The van der Waals surface area contributed by atoms with E-state index in [1.807, 2.05) is 48.5 Å². The van der Waals surface area contributed by atoms with Gasteiger partial charge in [0.1, 0.15) is 4.60 Å². The minimum absolute atomic E-state index is 0.826. The lowest BCUT2D eigenvalue weighted by Gasteiger charge is -2.25. The average Bonchev–Trinajstić information content (AvgIpc) is 2.50. The van der Waals surface area contributed by atoms with Crippen LogP contribution in [0.1, 0.15) is 0 Å². The Kier molecular flexibility index (Phi) is 3.79. The van der Waals surface area contributed by atoms with Crippen molar-refractivity contribution in [3.05, 3.63) is 83.6 Å². The summed E-state index contributed by atoms with van der Waals surface area (Å²) in [5.74, 6) is 0. The Labute approximate surface area is 126 Å². The SMILES string of the molecule is Brc1cc(N(c2ccccc2)c2ccccc2)ccn1. The third kappa shape index (κ3) is 2.73. The molecular formula is C17H13BrN2. The summed E-state index contributed by atoms with van der Waals surface area (Å²) in [6, 6.07) is 24.6. The number of benzene rings is 2. The summed E-state index contributed by atoms with van der Waals surface area (Å²) in [5, 5.41) is 0. The Morgan fingerprint density at radius 1 is 0.700 bits per heavy atom. The predicted octanol–water partition coefficient (Wildman–Crippen LogP) is 5.31. The fourth-order valence-electron chi connectivity index (χ4n) is 2.13. The third-order valence-corrected chi connectivity index (χ3v) is 3.43. The monoisotopic (exact) mass is 324 g/mol. The van der Waals surface area contributed by atoms with Crippen LogP contribution in [0.5, 0.6) is 0 Å². The number of halogens is 1. The molecule has 0 amide bonds. The van der Waals surface area contributed by atoms with E-state index in [1.54, 1.807) is 6.20 Å². The normalized spacial score (nSPS) is 10.2. The molecule has 98 valence electrons. The zero-order chi connectivity index (χ0) is 13.8. The topological polar surface area (TPSA) is 16.1 Å². The molecule has 2 nitrogen and oxygen atoms in total. The first kappa shape index (κ1) is 12.9. The fraction of sp³-hybridized carbons (Fsp3) is 0. The van der Waals surface area contributed by atoms with Gasteiger partial charge in [0.15, 0.2) is 0 Å². The fourth-order valence-corrected chi connectivity index (χ4v) is 2.49. The lowest BCUT2D eigenvalue weighted by atomic mass is 10.2. The summed E-state index contributed by atoms with van der Waals surface area (Å²) >= 11 is 3.44. The highest BCUT2D eigenvalue weighted by Gasteiger charge is 2.11. The molecule has 20 heavy (non-hydrogen) atoms. The van der Waals surface area contributed by atoms with Crippen molar-refractivity contribution in [3.8, 4) is 0 Å². The van der Waals surface area contributed by atoms with Crippen molar-refractivity contribution < 1.29 is 0 Å². The van der Waals surface area contributed by atoms with Crippen LogP contribution in [0.3, 0.4) is 0 Å². The second kappa shape index (κ2) is 5.88. The van der Waals surface area contributed by atoms with E-state index in [1.165, 1.54) is 0 Å². The number of hydrogen-bond acceptors (Lipinski definition) is 2. The number of pyridine rings is 1. The van der Waals surface area contributed by atoms with Crippen molar-refractivity contribution in [3.63, 3.8) is 0 Å². The number of hydrogen-bond donors (Lipinski definition) is 0. The van der Waals surface area contributed by atoms with Gasteiger partial charge in [0, 0.05) is 17.6 Å². The van der Waals surface area contributed by atoms with Crippen molar-refractivity contribution in [1.82, 2.24) is 4.98 Å². The smallest absolute Gasteiger partial charge is 0.108 e. The average molecular weight is 325 g/mol. The molecule has 0 radical (unpaired) electrons. The first-order valence-corrected chi connectivity index (χ1v) is 7.16. The molecule has 0 N–H and O–H groups in total. The molecule has 3 aromatic rings. The van der Waals surface area contributed by atoms with E-state index in [9.17, 15) is 0 Å². The van der Waals surface area contributed by atoms with Gasteiger partial charge in [0.2, 0.25) is 0 Å². The van der Waals surface area contributed by atoms with E-state index >= 15 is 0 Å². The molecule has 2 aromatic carbocycles. The molecule has 0 fully saturated rings. The van der Waals surface area contributed by atoms with Crippen molar-refractivity contribution in [2.45, 2.75) is 0 Å². The molecule has 0 saturated heterocycles.